The summed E-state index contributed by atoms with van der Waals surface area (Å²) in [5.74, 6) is -0.599. The Morgan fingerprint density at radius 2 is 1.75 bits per heavy atom. The summed E-state index contributed by atoms with van der Waals surface area (Å²) in [5, 5.41) is 0. The van der Waals surface area contributed by atoms with Crippen LogP contribution in [0.15, 0.2) is 0 Å². The molecule has 0 saturated heterocycles. The molecule has 0 aromatic carbocycles. The van der Waals surface area contributed by atoms with Gasteiger partial charge in [-0.2, -0.15) is 17.4 Å². The first kappa shape index (κ1) is 15.3. The summed E-state index contributed by atoms with van der Waals surface area (Å²) in [6.45, 7) is 6.60. The number of nitrogens with zero attached hydrogens (tertiary/aromatic N) is 1. The minimum absolute atomic E-state index is 0.599. The second-order valence-corrected chi connectivity index (χ2v) is 6.58. The van der Waals surface area contributed by atoms with E-state index in [1.165, 1.54) is 21.0 Å². The normalized spacial score (nSPS) is 14.9. The van der Waals surface area contributed by atoms with Crippen LogP contribution in [0, 0.1) is 0 Å². The van der Waals surface area contributed by atoms with Crippen molar-refractivity contribution in [1.82, 2.24) is 9.03 Å². The van der Waals surface area contributed by atoms with Gasteiger partial charge in [0.2, 0.25) is 0 Å². The molecule has 0 saturated carbocycles. The zero-order valence-corrected chi connectivity index (χ0v) is 11.4. The Hall–Kier alpha value is -0.660. The predicted molar refractivity (Wildman–Crippen MR) is 61.0 cm³/mol. The molecular weight excluding hydrogens is 232 g/mol. The van der Waals surface area contributed by atoms with Crippen molar-refractivity contribution in [2.24, 2.45) is 0 Å². The van der Waals surface area contributed by atoms with Gasteiger partial charge in [-0.15, -0.1) is 0 Å². The van der Waals surface area contributed by atoms with E-state index in [2.05, 4.69) is 4.72 Å². The number of nitrogens with one attached hydrogen (secondary N) is 1. The molecule has 16 heavy (non-hydrogen) atoms. The summed E-state index contributed by atoms with van der Waals surface area (Å²) >= 11 is 0. The molecule has 7 heteroatoms. The molecule has 0 heterocycles. The van der Waals surface area contributed by atoms with Gasteiger partial charge < -0.3 is 4.74 Å². The van der Waals surface area contributed by atoms with Crippen molar-refractivity contribution in [2.75, 3.05) is 14.1 Å². The quantitative estimate of drug-likeness (QED) is 0.721. The van der Waals surface area contributed by atoms with Gasteiger partial charge in [0.25, 0.3) is 10.2 Å². The van der Waals surface area contributed by atoms with E-state index in [0.717, 1.165) is 4.31 Å². The standard InChI is InChI=1S/C9H20N2O4S/c1-7(8(12)15-9(2,3)4)10-16(13,14)11(5)6/h7,10H,1-6H3/t7-/m1/s1. The molecule has 0 unspecified atom stereocenters. The molecule has 0 aliphatic heterocycles. The fraction of sp³-hybridized carbons (Fsp3) is 0.889. The summed E-state index contributed by atoms with van der Waals surface area (Å²) < 4.78 is 31.1. The largest absolute Gasteiger partial charge is 0.459 e. The smallest absolute Gasteiger partial charge is 0.324 e. The van der Waals surface area contributed by atoms with Crippen molar-refractivity contribution in [1.29, 1.82) is 0 Å². The minimum atomic E-state index is -3.62. The van der Waals surface area contributed by atoms with Crippen LogP contribution in [0.25, 0.3) is 0 Å². The summed E-state index contributed by atoms with van der Waals surface area (Å²) in [6.07, 6.45) is 0. The second-order valence-electron chi connectivity index (χ2n) is 4.66. The number of hydrogen-bond acceptors (Lipinski definition) is 4. The van der Waals surface area contributed by atoms with E-state index in [9.17, 15) is 13.2 Å². The highest BCUT2D eigenvalue weighted by molar-refractivity contribution is 7.87. The molecule has 0 radical (unpaired) electrons. The topological polar surface area (TPSA) is 75.7 Å². The maximum atomic E-state index is 11.5. The molecule has 0 spiro atoms. The molecule has 0 aromatic rings. The highest BCUT2D eigenvalue weighted by atomic mass is 32.2. The Kier molecular flexibility index (Phi) is 4.90. The highest BCUT2D eigenvalue weighted by Crippen LogP contribution is 2.08. The molecule has 0 aliphatic rings. The lowest BCUT2D eigenvalue weighted by Gasteiger charge is -2.23. The van der Waals surface area contributed by atoms with Gasteiger partial charge in [-0.1, -0.05) is 0 Å². The lowest BCUT2D eigenvalue weighted by atomic mass is 10.2. The first-order valence-corrected chi connectivity index (χ1v) is 6.32. The highest BCUT2D eigenvalue weighted by Gasteiger charge is 2.26. The zero-order chi connectivity index (χ0) is 13.1. The van der Waals surface area contributed by atoms with E-state index >= 15 is 0 Å². The van der Waals surface area contributed by atoms with E-state index in [-0.39, 0.29) is 0 Å². The molecule has 1 atom stereocenters. The van der Waals surface area contributed by atoms with Crippen molar-refractivity contribution in [3.63, 3.8) is 0 Å². The van der Waals surface area contributed by atoms with Crippen LogP contribution >= 0.6 is 0 Å². The lowest BCUT2D eigenvalue weighted by molar-refractivity contribution is -0.156. The van der Waals surface area contributed by atoms with Crippen molar-refractivity contribution >= 4 is 16.2 Å². The van der Waals surface area contributed by atoms with Crippen molar-refractivity contribution in [2.45, 2.75) is 39.3 Å². The fourth-order valence-corrected chi connectivity index (χ4v) is 1.52. The van der Waals surface area contributed by atoms with Crippen LogP contribution in [0.3, 0.4) is 0 Å². The molecule has 0 bridgehead atoms. The van der Waals surface area contributed by atoms with E-state index < -0.39 is 27.8 Å². The molecule has 6 nitrogen and oxygen atoms in total. The first-order chi connectivity index (χ1) is 6.96. The van der Waals surface area contributed by atoms with Crippen molar-refractivity contribution in [3.8, 4) is 0 Å². The molecule has 0 amide bonds. The zero-order valence-electron chi connectivity index (χ0n) is 10.6. The Morgan fingerprint density at radius 3 is 2.06 bits per heavy atom. The molecule has 96 valence electrons. The Labute approximate surface area is 97.1 Å². The molecule has 0 rings (SSSR count). The summed E-state index contributed by atoms with van der Waals surface area (Å²) in [4.78, 5) is 11.5. The number of carbonyl (C=O) groups excluding carboxylic acids is 1. The average molecular weight is 252 g/mol. The van der Waals surface area contributed by atoms with E-state index in [1.807, 2.05) is 0 Å². The van der Waals surface area contributed by atoms with E-state index in [1.54, 1.807) is 20.8 Å². The van der Waals surface area contributed by atoms with Crippen LogP contribution in [0.5, 0.6) is 0 Å². The van der Waals surface area contributed by atoms with Crippen LogP contribution in [-0.2, 0) is 19.7 Å². The third-order valence-corrected chi connectivity index (χ3v) is 3.18. The third kappa shape index (κ3) is 5.43. The lowest BCUT2D eigenvalue weighted by Crippen LogP contribution is -2.46. The Morgan fingerprint density at radius 1 is 1.31 bits per heavy atom. The maximum absolute atomic E-state index is 11.5. The maximum Gasteiger partial charge on any atom is 0.324 e. The molecule has 1 N–H and O–H groups in total. The van der Waals surface area contributed by atoms with Crippen LogP contribution in [0.1, 0.15) is 27.7 Å². The van der Waals surface area contributed by atoms with Crippen LogP contribution in [-0.4, -0.2) is 44.4 Å². The number of hydrogen-bond donors (Lipinski definition) is 1. The minimum Gasteiger partial charge on any atom is -0.459 e. The molecule has 0 aliphatic carbocycles. The predicted octanol–water partition coefficient (Wildman–Crippen LogP) is 0.113. The Bertz CT molecular complexity index is 343. The molecule has 0 aromatic heterocycles. The van der Waals surface area contributed by atoms with Gasteiger partial charge in [-0.3, -0.25) is 4.79 Å². The van der Waals surface area contributed by atoms with Crippen molar-refractivity contribution < 1.29 is 17.9 Å². The monoisotopic (exact) mass is 252 g/mol. The number of rotatable bonds is 4. The van der Waals surface area contributed by atoms with Crippen molar-refractivity contribution in [3.05, 3.63) is 0 Å². The van der Waals surface area contributed by atoms with Gasteiger partial charge in [0.1, 0.15) is 11.6 Å². The van der Waals surface area contributed by atoms with Crippen LogP contribution < -0.4 is 4.72 Å². The van der Waals surface area contributed by atoms with Gasteiger partial charge in [0, 0.05) is 14.1 Å². The number of ether oxygens (including phenoxy) is 1. The van der Waals surface area contributed by atoms with Crippen LogP contribution in [0.2, 0.25) is 0 Å². The van der Waals surface area contributed by atoms with Gasteiger partial charge in [0.15, 0.2) is 0 Å². The van der Waals surface area contributed by atoms with Crippen LogP contribution in [0.4, 0.5) is 0 Å². The molecular formula is C9H20N2O4S. The summed E-state index contributed by atoms with van der Waals surface area (Å²) in [6, 6.07) is -0.911. The molecule has 0 fully saturated rings. The number of carbonyl (C=O) groups is 1. The average Bonchev–Trinajstić information content (AvgIpc) is 1.99. The summed E-state index contributed by atoms with van der Waals surface area (Å²) in [5.41, 5.74) is -0.630. The van der Waals surface area contributed by atoms with Gasteiger partial charge >= 0.3 is 5.97 Å². The SMILES string of the molecule is C[C@@H](NS(=O)(=O)N(C)C)C(=O)OC(C)(C)C. The van der Waals surface area contributed by atoms with Gasteiger partial charge in [-0.05, 0) is 27.7 Å². The number of esters is 1. The second kappa shape index (κ2) is 5.11. The van der Waals surface area contributed by atoms with Gasteiger partial charge in [0.05, 0.1) is 0 Å². The van der Waals surface area contributed by atoms with E-state index in [4.69, 9.17) is 4.74 Å². The first-order valence-electron chi connectivity index (χ1n) is 4.88. The Balaban J connectivity index is 4.50. The summed E-state index contributed by atoms with van der Waals surface area (Å²) in [7, 11) is -0.857. The van der Waals surface area contributed by atoms with E-state index in [0.29, 0.717) is 0 Å². The van der Waals surface area contributed by atoms with Gasteiger partial charge in [-0.25, -0.2) is 0 Å². The fourth-order valence-electron chi connectivity index (χ4n) is 0.767. The third-order valence-electron chi connectivity index (χ3n) is 1.57.